The summed E-state index contributed by atoms with van der Waals surface area (Å²) in [7, 11) is 0. The quantitative estimate of drug-likeness (QED) is 0.893. The molecule has 3 unspecified atom stereocenters. The lowest BCUT2D eigenvalue weighted by molar-refractivity contribution is 0.0154. The largest absolute Gasteiger partial charge is 0.381 e. The summed E-state index contributed by atoms with van der Waals surface area (Å²) in [6, 6.07) is 5.64. The van der Waals surface area contributed by atoms with Crippen molar-refractivity contribution in [2.45, 2.75) is 19.4 Å². The lowest BCUT2D eigenvalue weighted by Crippen LogP contribution is -2.33. The van der Waals surface area contributed by atoms with E-state index in [4.69, 9.17) is 33.7 Å². The van der Waals surface area contributed by atoms with E-state index in [0.717, 1.165) is 25.2 Å². The third-order valence-electron chi connectivity index (χ3n) is 3.50. The highest BCUT2D eigenvalue weighted by molar-refractivity contribution is 6.42. The number of hydrogen-bond donors (Lipinski definition) is 1. The Morgan fingerprint density at radius 1 is 1.35 bits per heavy atom. The molecule has 2 rings (SSSR count). The second-order valence-corrected chi connectivity index (χ2v) is 5.52. The number of ether oxygens (including phenoxy) is 1. The second kappa shape index (κ2) is 5.57. The zero-order valence-corrected chi connectivity index (χ0v) is 11.3. The van der Waals surface area contributed by atoms with Gasteiger partial charge in [0.2, 0.25) is 0 Å². The molecule has 1 fully saturated rings. The van der Waals surface area contributed by atoms with E-state index in [1.165, 1.54) is 0 Å². The Morgan fingerprint density at radius 3 is 2.76 bits per heavy atom. The van der Waals surface area contributed by atoms with Crippen LogP contribution in [-0.4, -0.2) is 13.2 Å². The highest BCUT2D eigenvalue weighted by Crippen LogP contribution is 2.34. The Morgan fingerprint density at radius 2 is 2.12 bits per heavy atom. The zero-order valence-electron chi connectivity index (χ0n) is 9.83. The Bertz CT molecular complexity index is 397. The monoisotopic (exact) mass is 273 g/mol. The van der Waals surface area contributed by atoms with Crippen LogP contribution in [0.3, 0.4) is 0 Å². The molecule has 94 valence electrons. The van der Waals surface area contributed by atoms with Crippen molar-refractivity contribution in [2.75, 3.05) is 13.2 Å². The second-order valence-electron chi connectivity index (χ2n) is 4.70. The van der Waals surface area contributed by atoms with Crippen LogP contribution in [0.2, 0.25) is 10.0 Å². The molecule has 0 aromatic heterocycles. The molecule has 1 aliphatic heterocycles. The number of hydrogen-bond acceptors (Lipinski definition) is 2. The maximum Gasteiger partial charge on any atom is 0.0595 e. The van der Waals surface area contributed by atoms with Crippen molar-refractivity contribution in [1.82, 2.24) is 0 Å². The first-order chi connectivity index (χ1) is 8.09. The molecule has 17 heavy (non-hydrogen) atoms. The molecule has 1 saturated heterocycles. The summed E-state index contributed by atoms with van der Waals surface area (Å²) in [5, 5.41) is 1.14. The fraction of sp³-hybridized carbons (Fsp3) is 0.538. The molecular formula is C13H17Cl2NO. The van der Waals surface area contributed by atoms with Crippen LogP contribution in [0.4, 0.5) is 0 Å². The van der Waals surface area contributed by atoms with Crippen LogP contribution < -0.4 is 5.73 Å². The first-order valence-corrected chi connectivity index (χ1v) is 6.63. The van der Waals surface area contributed by atoms with Gasteiger partial charge in [-0.3, -0.25) is 0 Å². The third kappa shape index (κ3) is 2.94. The fourth-order valence-corrected chi connectivity index (χ4v) is 2.70. The Hall–Kier alpha value is -0.280. The maximum atomic E-state index is 6.32. The fourth-order valence-electron chi connectivity index (χ4n) is 2.40. The maximum absolute atomic E-state index is 6.32. The molecule has 3 atom stereocenters. The smallest absolute Gasteiger partial charge is 0.0595 e. The van der Waals surface area contributed by atoms with E-state index >= 15 is 0 Å². The molecule has 0 saturated carbocycles. The van der Waals surface area contributed by atoms with Crippen LogP contribution in [0, 0.1) is 11.8 Å². The molecule has 1 aliphatic rings. The average Bonchev–Trinajstić information content (AvgIpc) is 2.32. The molecule has 2 N–H and O–H groups in total. The molecule has 0 amide bonds. The normalized spacial score (nSPS) is 26.8. The van der Waals surface area contributed by atoms with Gasteiger partial charge in [-0.05, 0) is 36.0 Å². The molecule has 1 heterocycles. The molecule has 0 bridgehead atoms. The summed E-state index contributed by atoms with van der Waals surface area (Å²) in [4.78, 5) is 0. The summed E-state index contributed by atoms with van der Waals surface area (Å²) >= 11 is 11.9. The molecule has 1 aromatic rings. The van der Waals surface area contributed by atoms with Crippen LogP contribution in [0.25, 0.3) is 0 Å². The van der Waals surface area contributed by atoms with E-state index in [0.29, 0.717) is 21.9 Å². The van der Waals surface area contributed by atoms with Crippen molar-refractivity contribution in [2.24, 2.45) is 17.6 Å². The van der Waals surface area contributed by atoms with Crippen LogP contribution in [0.1, 0.15) is 24.9 Å². The van der Waals surface area contributed by atoms with Crippen molar-refractivity contribution in [3.8, 4) is 0 Å². The van der Waals surface area contributed by atoms with Gasteiger partial charge in [-0.25, -0.2) is 0 Å². The number of rotatable bonds is 2. The van der Waals surface area contributed by atoms with E-state index in [1.54, 1.807) is 0 Å². The highest BCUT2D eigenvalue weighted by atomic mass is 35.5. The first-order valence-electron chi connectivity index (χ1n) is 5.88. The summed E-state index contributed by atoms with van der Waals surface area (Å²) in [6.45, 7) is 3.77. The lowest BCUT2D eigenvalue weighted by atomic mass is 9.81. The van der Waals surface area contributed by atoms with Crippen molar-refractivity contribution >= 4 is 23.2 Å². The van der Waals surface area contributed by atoms with E-state index in [-0.39, 0.29) is 6.04 Å². The van der Waals surface area contributed by atoms with Crippen molar-refractivity contribution in [3.63, 3.8) is 0 Å². The van der Waals surface area contributed by atoms with E-state index in [1.807, 2.05) is 18.2 Å². The first kappa shape index (κ1) is 13.2. The predicted molar refractivity (Wildman–Crippen MR) is 71.5 cm³/mol. The van der Waals surface area contributed by atoms with E-state index < -0.39 is 0 Å². The highest BCUT2D eigenvalue weighted by Gasteiger charge is 2.28. The molecule has 0 spiro atoms. The molecule has 0 aliphatic carbocycles. The third-order valence-corrected chi connectivity index (χ3v) is 4.24. The number of benzene rings is 1. The summed E-state index contributed by atoms with van der Waals surface area (Å²) in [5.74, 6) is 0.925. The van der Waals surface area contributed by atoms with Gasteiger partial charge in [0, 0.05) is 19.3 Å². The van der Waals surface area contributed by atoms with Crippen LogP contribution in [0.15, 0.2) is 18.2 Å². The molecule has 4 heteroatoms. The predicted octanol–water partition coefficient (Wildman–Crippen LogP) is 3.67. The number of nitrogens with two attached hydrogens (primary N) is 1. The Labute approximate surface area is 112 Å². The SMILES string of the molecule is CC1COCCC1C(N)c1ccc(Cl)c(Cl)c1. The average molecular weight is 274 g/mol. The van der Waals surface area contributed by atoms with E-state index in [9.17, 15) is 0 Å². The van der Waals surface area contributed by atoms with Gasteiger partial charge in [0.05, 0.1) is 10.0 Å². The van der Waals surface area contributed by atoms with Gasteiger partial charge in [0.15, 0.2) is 0 Å². The van der Waals surface area contributed by atoms with Gasteiger partial charge in [0.25, 0.3) is 0 Å². The minimum atomic E-state index is 0.00340. The van der Waals surface area contributed by atoms with Gasteiger partial charge in [-0.1, -0.05) is 36.2 Å². The van der Waals surface area contributed by atoms with Crippen LogP contribution in [-0.2, 0) is 4.74 Å². The van der Waals surface area contributed by atoms with Gasteiger partial charge in [-0.2, -0.15) is 0 Å². The van der Waals surface area contributed by atoms with Gasteiger partial charge >= 0.3 is 0 Å². The standard InChI is InChI=1S/C13H17Cl2NO/c1-8-7-17-5-4-10(8)13(16)9-2-3-11(14)12(15)6-9/h2-3,6,8,10,13H,4-5,7,16H2,1H3. The Kier molecular flexibility index (Phi) is 4.31. The van der Waals surface area contributed by atoms with Gasteiger partial charge in [0.1, 0.15) is 0 Å². The van der Waals surface area contributed by atoms with Crippen LogP contribution in [0.5, 0.6) is 0 Å². The van der Waals surface area contributed by atoms with Gasteiger partial charge in [-0.15, -0.1) is 0 Å². The summed E-state index contributed by atoms with van der Waals surface area (Å²) in [6.07, 6.45) is 1.00. The topological polar surface area (TPSA) is 35.2 Å². The molecule has 1 aromatic carbocycles. The molecular weight excluding hydrogens is 257 g/mol. The van der Waals surface area contributed by atoms with Crippen molar-refractivity contribution in [3.05, 3.63) is 33.8 Å². The molecule has 0 radical (unpaired) electrons. The minimum Gasteiger partial charge on any atom is -0.381 e. The zero-order chi connectivity index (χ0) is 12.4. The van der Waals surface area contributed by atoms with Crippen LogP contribution >= 0.6 is 23.2 Å². The van der Waals surface area contributed by atoms with Crippen molar-refractivity contribution < 1.29 is 4.74 Å². The summed E-state index contributed by atoms with van der Waals surface area (Å²) in [5.41, 5.74) is 7.38. The minimum absolute atomic E-state index is 0.00340. The summed E-state index contributed by atoms with van der Waals surface area (Å²) < 4.78 is 5.44. The van der Waals surface area contributed by atoms with Crippen molar-refractivity contribution in [1.29, 1.82) is 0 Å². The lowest BCUT2D eigenvalue weighted by Gasteiger charge is -2.33. The number of halogens is 2. The Balaban J connectivity index is 2.17. The van der Waals surface area contributed by atoms with E-state index in [2.05, 4.69) is 6.92 Å². The van der Waals surface area contributed by atoms with Gasteiger partial charge < -0.3 is 10.5 Å². The molecule has 2 nitrogen and oxygen atoms in total.